The summed E-state index contributed by atoms with van der Waals surface area (Å²) in [6, 6.07) is 0.0106. The second kappa shape index (κ2) is 6.56. The topological polar surface area (TPSA) is 79.2 Å². The van der Waals surface area contributed by atoms with E-state index < -0.39 is 0 Å². The van der Waals surface area contributed by atoms with Crippen molar-refractivity contribution in [3.05, 3.63) is 12.4 Å². The van der Waals surface area contributed by atoms with Crippen LogP contribution in [0.4, 0.5) is 10.5 Å². The average molecular weight is 268 g/mol. The maximum atomic E-state index is 11.7. The van der Waals surface area contributed by atoms with E-state index in [-0.39, 0.29) is 24.1 Å². The van der Waals surface area contributed by atoms with Crippen LogP contribution < -0.4 is 10.6 Å². The average Bonchev–Trinajstić information content (AvgIpc) is 2.75. The molecule has 0 aliphatic rings. The third-order valence-electron chi connectivity index (χ3n) is 2.90. The molecule has 1 aromatic heterocycles. The van der Waals surface area contributed by atoms with Gasteiger partial charge >= 0.3 is 6.03 Å². The van der Waals surface area contributed by atoms with Crippen LogP contribution in [0, 0.1) is 5.41 Å². The lowest BCUT2D eigenvalue weighted by Gasteiger charge is -2.23. The minimum absolute atomic E-state index is 0.117. The highest BCUT2D eigenvalue weighted by Crippen LogP contribution is 2.18. The Kier molecular flexibility index (Phi) is 5.35. The van der Waals surface area contributed by atoms with Crippen LogP contribution in [-0.4, -0.2) is 34.1 Å². The van der Waals surface area contributed by atoms with E-state index in [1.807, 2.05) is 27.7 Å². The molecular weight excluding hydrogens is 244 g/mol. The number of aromatic nitrogens is 2. The monoisotopic (exact) mass is 268 g/mol. The summed E-state index contributed by atoms with van der Waals surface area (Å²) < 4.78 is 1.78. The molecule has 0 aromatic carbocycles. The first-order valence-corrected chi connectivity index (χ1v) is 6.54. The van der Waals surface area contributed by atoms with Crippen LogP contribution in [-0.2, 0) is 0 Å². The number of amides is 2. The van der Waals surface area contributed by atoms with Gasteiger partial charge in [0, 0.05) is 25.4 Å². The van der Waals surface area contributed by atoms with Crippen LogP contribution >= 0.6 is 0 Å². The van der Waals surface area contributed by atoms with Gasteiger partial charge in [-0.15, -0.1) is 0 Å². The van der Waals surface area contributed by atoms with E-state index in [0.29, 0.717) is 18.7 Å². The Labute approximate surface area is 114 Å². The smallest absolute Gasteiger partial charge is 0.319 e. The second-order valence-electron chi connectivity index (χ2n) is 5.75. The minimum atomic E-state index is -0.255. The first-order chi connectivity index (χ1) is 8.84. The largest absolute Gasteiger partial charge is 0.396 e. The summed E-state index contributed by atoms with van der Waals surface area (Å²) in [6.07, 6.45) is 4.07. The van der Waals surface area contributed by atoms with E-state index in [1.54, 1.807) is 17.1 Å². The normalized spacial score (nSPS) is 11.7. The molecule has 108 valence electrons. The number of urea groups is 1. The van der Waals surface area contributed by atoms with Gasteiger partial charge in [0.05, 0.1) is 11.9 Å². The fraction of sp³-hybridized carbons (Fsp3) is 0.692. The highest BCUT2D eigenvalue weighted by molar-refractivity contribution is 5.88. The number of anilines is 1. The molecule has 2 amide bonds. The molecule has 0 radical (unpaired) electrons. The molecule has 1 heterocycles. The van der Waals surface area contributed by atoms with Crippen molar-refractivity contribution in [1.29, 1.82) is 0 Å². The molecule has 0 saturated heterocycles. The van der Waals surface area contributed by atoms with Crippen molar-refractivity contribution >= 4 is 11.7 Å². The summed E-state index contributed by atoms with van der Waals surface area (Å²) in [7, 11) is 0. The van der Waals surface area contributed by atoms with Crippen LogP contribution in [0.2, 0.25) is 0 Å². The molecule has 0 spiro atoms. The number of aliphatic hydroxyl groups excluding tert-OH is 1. The number of nitrogens with zero attached hydrogens (tertiary/aromatic N) is 2. The first kappa shape index (κ1) is 15.5. The highest BCUT2D eigenvalue weighted by Gasteiger charge is 2.18. The molecule has 0 fully saturated rings. The summed E-state index contributed by atoms with van der Waals surface area (Å²) in [5.74, 6) is 0. The molecule has 19 heavy (non-hydrogen) atoms. The van der Waals surface area contributed by atoms with Gasteiger partial charge in [-0.3, -0.25) is 4.68 Å². The van der Waals surface area contributed by atoms with Crippen molar-refractivity contribution in [2.24, 2.45) is 5.41 Å². The SMILES string of the molecule is CC(C)n1cc(NC(=O)NCC(C)(C)CCO)cn1. The Bertz CT molecular complexity index is 413. The quantitative estimate of drug-likeness (QED) is 0.738. The summed E-state index contributed by atoms with van der Waals surface area (Å²) in [5, 5.41) is 18.6. The zero-order valence-corrected chi connectivity index (χ0v) is 12.1. The summed E-state index contributed by atoms with van der Waals surface area (Å²) in [5.41, 5.74) is 0.556. The van der Waals surface area contributed by atoms with Crippen LogP contribution in [0.15, 0.2) is 12.4 Å². The number of carbonyl (C=O) groups excluding carboxylic acids is 1. The lowest BCUT2D eigenvalue weighted by Crippen LogP contribution is -2.37. The van der Waals surface area contributed by atoms with Gasteiger partial charge in [0.1, 0.15) is 0 Å². The first-order valence-electron chi connectivity index (χ1n) is 6.54. The molecule has 1 rings (SSSR count). The molecule has 0 aliphatic carbocycles. The lowest BCUT2D eigenvalue weighted by molar-refractivity contribution is 0.204. The predicted octanol–water partition coefficient (Wildman–Crippen LogP) is 1.99. The zero-order valence-electron chi connectivity index (χ0n) is 12.1. The van der Waals surface area contributed by atoms with E-state index in [4.69, 9.17) is 5.11 Å². The summed E-state index contributed by atoms with van der Waals surface area (Å²) >= 11 is 0. The van der Waals surface area contributed by atoms with Gasteiger partial charge in [-0.2, -0.15) is 5.10 Å². The Morgan fingerprint density at radius 1 is 1.53 bits per heavy atom. The Morgan fingerprint density at radius 3 is 2.74 bits per heavy atom. The van der Waals surface area contributed by atoms with Crippen molar-refractivity contribution in [2.45, 2.75) is 40.2 Å². The van der Waals surface area contributed by atoms with Crippen molar-refractivity contribution in [2.75, 3.05) is 18.5 Å². The third kappa shape index (κ3) is 5.30. The van der Waals surface area contributed by atoms with Crippen LogP contribution in [0.25, 0.3) is 0 Å². The summed E-state index contributed by atoms with van der Waals surface area (Å²) in [4.78, 5) is 11.7. The number of carbonyl (C=O) groups is 1. The van der Waals surface area contributed by atoms with E-state index in [2.05, 4.69) is 15.7 Å². The molecule has 6 heteroatoms. The number of hydrogen-bond donors (Lipinski definition) is 3. The fourth-order valence-corrected chi connectivity index (χ4v) is 1.57. The Hall–Kier alpha value is -1.56. The van der Waals surface area contributed by atoms with Crippen molar-refractivity contribution < 1.29 is 9.90 Å². The molecule has 1 aromatic rings. The molecule has 0 unspecified atom stereocenters. The van der Waals surface area contributed by atoms with Crippen molar-refractivity contribution in [1.82, 2.24) is 15.1 Å². The Balaban J connectivity index is 2.42. The van der Waals surface area contributed by atoms with E-state index in [1.165, 1.54) is 0 Å². The Morgan fingerprint density at radius 2 is 2.21 bits per heavy atom. The van der Waals surface area contributed by atoms with Crippen LogP contribution in [0.3, 0.4) is 0 Å². The van der Waals surface area contributed by atoms with Gasteiger partial charge in [-0.25, -0.2) is 4.79 Å². The number of hydrogen-bond acceptors (Lipinski definition) is 3. The number of aliphatic hydroxyl groups is 1. The molecule has 6 nitrogen and oxygen atoms in total. The maximum Gasteiger partial charge on any atom is 0.319 e. The predicted molar refractivity (Wildman–Crippen MR) is 75.1 cm³/mol. The van der Waals surface area contributed by atoms with Gasteiger partial charge in [0.15, 0.2) is 0 Å². The molecule has 0 saturated carbocycles. The fourth-order valence-electron chi connectivity index (χ4n) is 1.57. The number of rotatable bonds is 6. The zero-order chi connectivity index (χ0) is 14.5. The van der Waals surface area contributed by atoms with Crippen LogP contribution in [0.5, 0.6) is 0 Å². The van der Waals surface area contributed by atoms with Gasteiger partial charge in [0.25, 0.3) is 0 Å². The maximum absolute atomic E-state index is 11.7. The highest BCUT2D eigenvalue weighted by atomic mass is 16.3. The van der Waals surface area contributed by atoms with Crippen molar-refractivity contribution in [3.8, 4) is 0 Å². The van der Waals surface area contributed by atoms with Gasteiger partial charge in [0.2, 0.25) is 0 Å². The van der Waals surface area contributed by atoms with Gasteiger partial charge in [-0.05, 0) is 25.7 Å². The minimum Gasteiger partial charge on any atom is -0.396 e. The number of nitrogens with one attached hydrogen (secondary N) is 2. The van der Waals surface area contributed by atoms with Crippen LogP contribution in [0.1, 0.15) is 40.2 Å². The molecule has 3 N–H and O–H groups in total. The molecular formula is C13H24N4O2. The van der Waals surface area contributed by atoms with Crippen molar-refractivity contribution in [3.63, 3.8) is 0 Å². The summed E-state index contributed by atoms with van der Waals surface area (Å²) in [6.45, 7) is 8.68. The van der Waals surface area contributed by atoms with E-state index in [0.717, 1.165) is 0 Å². The molecule has 0 bridgehead atoms. The van der Waals surface area contributed by atoms with Gasteiger partial charge in [-0.1, -0.05) is 13.8 Å². The second-order valence-corrected chi connectivity index (χ2v) is 5.75. The van der Waals surface area contributed by atoms with E-state index >= 15 is 0 Å². The molecule has 0 aliphatic heterocycles. The molecule has 0 atom stereocenters. The third-order valence-corrected chi connectivity index (χ3v) is 2.90. The standard InChI is InChI=1S/C13H24N4O2/c1-10(2)17-8-11(7-15-17)16-12(19)14-9-13(3,4)5-6-18/h7-8,10,18H,5-6,9H2,1-4H3,(H2,14,16,19). The van der Waals surface area contributed by atoms with E-state index in [9.17, 15) is 4.79 Å². The van der Waals surface area contributed by atoms with Gasteiger partial charge < -0.3 is 15.7 Å². The lowest BCUT2D eigenvalue weighted by atomic mass is 9.90.